The van der Waals surface area contributed by atoms with Crippen LogP contribution < -0.4 is 5.32 Å². The molecule has 1 fully saturated rings. The molecule has 4 rings (SSSR count). The summed E-state index contributed by atoms with van der Waals surface area (Å²) in [7, 11) is 0. The van der Waals surface area contributed by atoms with Crippen LogP contribution in [-0.4, -0.2) is 51.4 Å². The molecule has 0 aliphatic carbocycles. The van der Waals surface area contributed by atoms with Crippen molar-refractivity contribution in [3.8, 4) is 0 Å². The van der Waals surface area contributed by atoms with Gasteiger partial charge in [0.1, 0.15) is 5.60 Å². The van der Waals surface area contributed by atoms with Gasteiger partial charge in [-0.25, -0.2) is 4.79 Å². The van der Waals surface area contributed by atoms with E-state index in [1.807, 2.05) is 80.2 Å². The molecule has 2 heterocycles. The second-order valence-electron chi connectivity index (χ2n) is 8.94. The number of likely N-dealkylation sites (tertiary alicyclic amines) is 1. The summed E-state index contributed by atoms with van der Waals surface area (Å²) in [5.41, 5.74) is 2.23. The first kappa shape index (κ1) is 20.9. The lowest BCUT2D eigenvalue weighted by Gasteiger charge is -2.24. The van der Waals surface area contributed by atoms with Gasteiger partial charge >= 0.3 is 6.09 Å². The first-order valence-electron chi connectivity index (χ1n) is 10.6. The highest BCUT2D eigenvalue weighted by Crippen LogP contribution is 2.17. The zero-order valence-corrected chi connectivity index (χ0v) is 18.2. The van der Waals surface area contributed by atoms with E-state index in [0.29, 0.717) is 25.2 Å². The third-order valence-electron chi connectivity index (χ3n) is 5.27. The number of nitrogens with one attached hydrogen (secondary N) is 1. The molecule has 2 amide bonds. The predicted molar refractivity (Wildman–Crippen MR) is 119 cm³/mol. The summed E-state index contributed by atoms with van der Waals surface area (Å²) in [6, 6.07) is 15.6. The molecule has 0 spiro atoms. The second kappa shape index (κ2) is 8.41. The van der Waals surface area contributed by atoms with Crippen LogP contribution in [0.1, 0.15) is 43.1 Å². The van der Waals surface area contributed by atoms with Crippen molar-refractivity contribution in [1.82, 2.24) is 20.0 Å². The molecule has 2 aromatic carbocycles. The van der Waals surface area contributed by atoms with Crippen molar-refractivity contribution in [3.63, 3.8) is 0 Å². The van der Waals surface area contributed by atoms with E-state index in [-0.39, 0.29) is 18.0 Å². The molecule has 1 saturated heterocycles. The SMILES string of the molecule is CC(C)(C)OC(=O)N1CC[C@@H](NC(=O)c2ccc(Cn3ncc4ccccc43)cc2)C1. The Balaban J connectivity index is 1.33. The molecule has 1 aromatic heterocycles. The Kier molecular flexibility index (Phi) is 5.67. The van der Waals surface area contributed by atoms with Crippen LogP contribution in [-0.2, 0) is 11.3 Å². The maximum absolute atomic E-state index is 12.6. The summed E-state index contributed by atoms with van der Waals surface area (Å²) < 4.78 is 7.36. The van der Waals surface area contributed by atoms with E-state index in [1.165, 1.54) is 0 Å². The minimum atomic E-state index is -0.525. The molecule has 1 atom stereocenters. The van der Waals surface area contributed by atoms with Gasteiger partial charge in [0, 0.05) is 30.1 Å². The van der Waals surface area contributed by atoms with Crippen molar-refractivity contribution in [3.05, 3.63) is 65.9 Å². The summed E-state index contributed by atoms with van der Waals surface area (Å²) in [4.78, 5) is 26.5. The maximum Gasteiger partial charge on any atom is 0.410 e. The number of para-hydroxylation sites is 1. The molecule has 0 unspecified atom stereocenters. The minimum absolute atomic E-state index is 0.0740. The van der Waals surface area contributed by atoms with E-state index >= 15 is 0 Å². The summed E-state index contributed by atoms with van der Waals surface area (Å²) >= 11 is 0. The topological polar surface area (TPSA) is 76.5 Å². The van der Waals surface area contributed by atoms with Crippen LogP contribution in [0.4, 0.5) is 4.79 Å². The van der Waals surface area contributed by atoms with Crippen LogP contribution in [0.3, 0.4) is 0 Å². The Morgan fingerprint density at radius 1 is 1.13 bits per heavy atom. The van der Waals surface area contributed by atoms with Crippen molar-refractivity contribution in [1.29, 1.82) is 0 Å². The molecule has 0 radical (unpaired) electrons. The van der Waals surface area contributed by atoms with E-state index in [4.69, 9.17) is 4.74 Å². The predicted octanol–water partition coefficient (Wildman–Crippen LogP) is 3.82. The smallest absolute Gasteiger partial charge is 0.410 e. The average molecular weight is 421 g/mol. The number of aromatic nitrogens is 2. The molecule has 1 aliphatic heterocycles. The van der Waals surface area contributed by atoms with Gasteiger partial charge in [-0.15, -0.1) is 0 Å². The summed E-state index contributed by atoms with van der Waals surface area (Å²) in [5, 5.41) is 8.59. The first-order chi connectivity index (χ1) is 14.8. The van der Waals surface area contributed by atoms with Crippen molar-refractivity contribution < 1.29 is 14.3 Å². The van der Waals surface area contributed by atoms with Gasteiger partial charge in [0.15, 0.2) is 0 Å². The Bertz CT molecular complexity index is 1080. The van der Waals surface area contributed by atoms with Crippen LogP contribution in [0.25, 0.3) is 10.9 Å². The summed E-state index contributed by atoms with van der Waals surface area (Å²) in [6.45, 7) is 7.22. The Hall–Kier alpha value is -3.35. The molecular formula is C24H28N4O3. The van der Waals surface area contributed by atoms with Gasteiger partial charge in [-0.2, -0.15) is 5.10 Å². The highest BCUT2D eigenvalue weighted by Gasteiger charge is 2.30. The van der Waals surface area contributed by atoms with Crippen molar-refractivity contribution in [2.75, 3.05) is 13.1 Å². The second-order valence-corrected chi connectivity index (χ2v) is 8.94. The van der Waals surface area contributed by atoms with Gasteiger partial charge in [0.25, 0.3) is 5.91 Å². The Morgan fingerprint density at radius 2 is 1.87 bits per heavy atom. The zero-order valence-electron chi connectivity index (χ0n) is 18.2. The number of benzene rings is 2. The number of amides is 2. The first-order valence-corrected chi connectivity index (χ1v) is 10.6. The number of rotatable bonds is 4. The number of carbonyl (C=O) groups excluding carboxylic acids is 2. The molecule has 3 aromatic rings. The monoisotopic (exact) mass is 420 g/mol. The largest absolute Gasteiger partial charge is 0.444 e. The van der Waals surface area contributed by atoms with Gasteiger partial charge in [-0.05, 0) is 51.0 Å². The fourth-order valence-electron chi connectivity index (χ4n) is 3.73. The van der Waals surface area contributed by atoms with Gasteiger partial charge in [-0.1, -0.05) is 30.3 Å². The molecule has 7 nitrogen and oxygen atoms in total. The number of ether oxygens (including phenoxy) is 1. The highest BCUT2D eigenvalue weighted by molar-refractivity contribution is 5.94. The van der Waals surface area contributed by atoms with Crippen molar-refractivity contribution in [2.45, 2.75) is 45.4 Å². The molecule has 31 heavy (non-hydrogen) atoms. The lowest BCUT2D eigenvalue weighted by Crippen LogP contribution is -2.40. The van der Waals surface area contributed by atoms with Crippen molar-refractivity contribution >= 4 is 22.9 Å². The summed E-state index contributed by atoms with van der Waals surface area (Å²) in [5.74, 6) is -0.132. The third kappa shape index (κ3) is 5.05. The van der Waals surface area contributed by atoms with Gasteiger partial charge in [-0.3, -0.25) is 9.48 Å². The summed E-state index contributed by atoms with van der Waals surface area (Å²) in [6.07, 6.45) is 2.24. The Labute approximate surface area is 182 Å². The average Bonchev–Trinajstić information content (AvgIpc) is 3.35. The third-order valence-corrected chi connectivity index (χ3v) is 5.27. The van der Waals surface area contributed by atoms with E-state index < -0.39 is 5.60 Å². The van der Waals surface area contributed by atoms with Crippen LogP contribution in [0.15, 0.2) is 54.7 Å². The Morgan fingerprint density at radius 3 is 2.61 bits per heavy atom. The van der Waals surface area contributed by atoms with Crippen LogP contribution >= 0.6 is 0 Å². The number of hydrogen-bond donors (Lipinski definition) is 1. The van der Waals surface area contributed by atoms with Gasteiger partial charge in [0.2, 0.25) is 0 Å². The van der Waals surface area contributed by atoms with E-state index in [0.717, 1.165) is 22.9 Å². The standard InChI is InChI=1S/C24H28N4O3/c1-24(2,3)31-23(30)27-13-12-20(16-27)26-22(29)18-10-8-17(9-11-18)15-28-21-7-5-4-6-19(21)14-25-28/h4-11,14,20H,12-13,15-16H2,1-3H3,(H,26,29)/t20-/m1/s1. The molecule has 1 aliphatic rings. The van der Waals surface area contributed by atoms with Crippen LogP contribution in [0.2, 0.25) is 0 Å². The molecule has 0 saturated carbocycles. The zero-order chi connectivity index (χ0) is 22.0. The quantitative estimate of drug-likeness (QED) is 0.696. The van der Waals surface area contributed by atoms with E-state index in [9.17, 15) is 9.59 Å². The lowest BCUT2D eigenvalue weighted by molar-refractivity contribution is 0.0290. The normalized spacial score (nSPS) is 16.5. The van der Waals surface area contributed by atoms with E-state index in [1.54, 1.807) is 4.90 Å². The molecule has 1 N–H and O–H groups in total. The van der Waals surface area contributed by atoms with E-state index in [2.05, 4.69) is 10.4 Å². The number of nitrogens with zero attached hydrogens (tertiary/aromatic N) is 3. The fourth-order valence-corrected chi connectivity index (χ4v) is 3.73. The van der Waals surface area contributed by atoms with Crippen LogP contribution in [0, 0.1) is 0 Å². The molecule has 162 valence electrons. The highest BCUT2D eigenvalue weighted by atomic mass is 16.6. The number of carbonyl (C=O) groups is 2. The number of fused-ring (bicyclic) bond motifs is 1. The number of hydrogen-bond acceptors (Lipinski definition) is 4. The van der Waals surface area contributed by atoms with Gasteiger partial charge < -0.3 is 15.0 Å². The van der Waals surface area contributed by atoms with Crippen molar-refractivity contribution in [2.24, 2.45) is 0 Å². The molecule has 0 bridgehead atoms. The lowest BCUT2D eigenvalue weighted by atomic mass is 10.1. The maximum atomic E-state index is 12.6. The fraction of sp³-hybridized carbons (Fsp3) is 0.375. The molecule has 7 heteroatoms. The van der Waals surface area contributed by atoms with Gasteiger partial charge in [0.05, 0.1) is 18.3 Å². The molecular weight excluding hydrogens is 392 g/mol. The minimum Gasteiger partial charge on any atom is -0.444 e. The van der Waals surface area contributed by atoms with Crippen LogP contribution in [0.5, 0.6) is 0 Å².